The lowest BCUT2D eigenvalue weighted by atomic mass is 10.1. The van der Waals surface area contributed by atoms with Crippen molar-refractivity contribution in [3.63, 3.8) is 0 Å². The number of carbonyl (C=O) groups excluding carboxylic acids is 1. The standard InChI is InChI=1S/C10H15ClO3S/c1-10(2,3)14-9(15)7(5-6-11)8(12)13-4/h5-7H,1-4H3. The molecule has 0 aliphatic carbocycles. The van der Waals surface area contributed by atoms with Gasteiger partial charge in [0.25, 0.3) is 0 Å². The van der Waals surface area contributed by atoms with Gasteiger partial charge in [-0.15, -0.1) is 0 Å². The first-order valence-corrected chi connectivity index (χ1v) is 5.24. The molecule has 0 bridgehead atoms. The molecule has 0 saturated heterocycles. The molecule has 0 N–H and O–H groups in total. The highest BCUT2D eigenvalue weighted by Crippen LogP contribution is 2.15. The molecule has 0 aromatic carbocycles. The largest absolute Gasteiger partial charge is 0.480 e. The third-order valence-electron chi connectivity index (χ3n) is 1.38. The van der Waals surface area contributed by atoms with Crippen LogP contribution in [-0.2, 0) is 14.3 Å². The van der Waals surface area contributed by atoms with Gasteiger partial charge in [0.2, 0.25) is 0 Å². The second kappa shape index (κ2) is 6.08. The average Bonchev–Trinajstić information content (AvgIpc) is 2.10. The lowest BCUT2D eigenvalue weighted by Crippen LogP contribution is -2.31. The summed E-state index contributed by atoms with van der Waals surface area (Å²) in [6.45, 7) is 5.54. The van der Waals surface area contributed by atoms with E-state index >= 15 is 0 Å². The van der Waals surface area contributed by atoms with Gasteiger partial charge in [0, 0.05) is 5.54 Å². The Balaban J connectivity index is 4.64. The van der Waals surface area contributed by atoms with Crippen molar-refractivity contribution in [2.24, 2.45) is 5.92 Å². The van der Waals surface area contributed by atoms with Gasteiger partial charge >= 0.3 is 5.97 Å². The minimum atomic E-state index is -0.735. The van der Waals surface area contributed by atoms with Crippen LogP contribution < -0.4 is 0 Å². The number of hydrogen-bond donors (Lipinski definition) is 0. The topological polar surface area (TPSA) is 35.5 Å². The molecule has 0 amide bonds. The highest BCUT2D eigenvalue weighted by Gasteiger charge is 2.26. The van der Waals surface area contributed by atoms with Crippen LogP contribution in [0.1, 0.15) is 20.8 Å². The van der Waals surface area contributed by atoms with E-state index in [0.29, 0.717) is 0 Å². The number of rotatable bonds is 3. The molecule has 0 aromatic rings. The molecule has 0 radical (unpaired) electrons. The average molecular weight is 251 g/mol. The molecular formula is C10H15ClO3S. The number of hydrogen-bond acceptors (Lipinski definition) is 4. The molecule has 86 valence electrons. The number of ether oxygens (including phenoxy) is 2. The van der Waals surface area contributed by atoms with Crippen LogP contribution in [0.15, 0.2) is 11.6 Å². The SMILES string of the molecule is COC(=O)C(C=CCl)C(=S)OC(C)(C)C. The fraction of sp³-hybridized carbons (Fsp3) is 0.600. The Morgan fingerprint density at radius 2 is 2.00 bits per heavy atom. The fourth-order valence-corrected chi connectivity index (χ4v) is 1.39. The first-order chi connectivity index (χ1) is 6.81. The third-order valence-corrected chi connectivity index (χ3v) is 1.86. The van der Waals surface area contributed by atoms with Gasteiger partial charge in [-0.1, -0.05) is 17.7 Å². The Labute approximate surface area is 100 Å². The van der Waals surface area contributed by atoms with Crippen molar-refractivity contribution in [2.75, 3.05) is 7.11 Å². The summed E-state index contributed by atoms with van der Waals surface area (Å²) >= 11 is 10.4. The monoisotopic (exact) mass is 250 g/mol. The van der Waals surface area contributed by atoms with Crippen molar-refractivity contribution < 1.29 is 14.3 Å². The summed E-state index contributed by atoms with van der Waals surface area (Å²) in [5.41, 5.74) is 0.781. The first-order valence-electron chi connectivity index (χ1n) is 4.39. The van der Waals surface area contributed by atoms with E-state index in [-0.39, 0.29) is 5.05 Å². The summed E-state index contributed by atoms with van der Waals surface area (Å²) in [6, 6.07) is 0. The molecule has 1 atom stereocenters. The van der Waals surface area contributed by atoms with Crippen LogP contribution in [0.5, 0.6) is 0 Å². The third kappa shape index (κ3) is 5.74. The van der Waals surface area contributed by atoms with Gasteiger partial charge in [0.15, 0.2) is 5.05 Å². The van der Waals surface area contributed by atoms with E-state index in [9.17, 15) is 4.79 Å². The number of carbonyl (C=O) groups is 1. The molecule has 5 heteroatoms. The maximum Gasteiger partial charge on any atom is 0.321 e. The van der Waals surface area contributed by atoms with Gasteiger partial charge in [0.05, 0.1) is 7.11 Å². The number of esters is 1. The van der Waals surface area contributed by atoms with Crippen LogP contribution in [0, 0.1) is 5.92 Å². The molecule has 0 aromatic heterocycles. The van der Waals surface area contributed by atoms with Gasteiger partial charge in [-0.2, -0.15) is 0 Å². The van der Waals surface area contributed by atoms with Crippen LogP contribution in [-0.4, -0.2) is 23.7 Å². The van der Waals surface area contributed by atoms with Gasteiger partial charge < -0.3 is 9.47 Å². The molecular weight excluding hydrogens is 236 g/mol. The molecule has 0 fully saturated rings. The van der Waals surface area contributed by atoms with Gasteiger partial charge in [0.1, 0.15) is 11.5 Å². The van der Waals surface area contributed by atoms with Crippen LogP contribution in [0.3, 0.4) is 0 Å². The lowest BCUT2D eigenvalue weighted by molar-refractivity contribution is -0.142. The Morgan fingerprint density at radius 1 is 1.47 bits per heavy atom. The fourth-order valence-electron chi connectivity index (χ4n) is 0.818. The molecule has 0 spiro atoms. The summed E-state index contributed by atoms with van der Waals surface area (Å²) < 4.78 is 9.98. The zero-order valence-corrected chi connectivity index (χ0v) is 10.8. The van der Waals surface area contributed by atoms with Gasteiger partial charge in [-0.05, 0) is 33.0 Å². The molecule has 3 nitrogen and oxygen atoms in total. The normalized spacial score (nSPS) is 13.7. The van der Waals surface area contributed by atoms with Gasteiger partial charge in [-0.25, -0.2) is 0 Å². The van der Waals surface area contributed by atoms with Crippen molar-refractivity contribution in [3.8, 4) is 0 Å². The van der Waals surface area contributed by atoms with Crippen molar-refractivity contribution >= 4 is 34.8 Å². The molecule has 0 heterocycles. The van der Waals surface area contributed by atoms with E-state index in [1.54, 1.807) is 0 Å². The maximum atomic E-state index is 11.3. The summed E-state index contributed by atoms with van der Waals surface area (Å²) in [6.07, 6.45) is 1.43. The van der Waals surface area contributed by atoms with Gasteiger partial charge in [-0.3, -0.25) is 4.79 Å². The highest BCUT2D eigenvalue weighted by molar-refractivity contribution is 7.80. The Morgan fingerprint density at radius 3 is 2.33 bits per heavy atom. The van der Waals surface area contributed by atoms with E-state index < -0.39 is 17.5 Å². The summed E-state index contributed by atoms with van der Waals surface area (Å²) in [4.78, 5) is 11.3. The molecule has 1 unspecified atom stereocenters. The Kier molecular flexibility index (Phi) is 5.83. The summed E-state index contributed by atoms with van der Waals surface area (Å²) in [7, 11) is 1.29. The van der Waals surface area contributed by atoms with Crippen LogP contribution in [0.25, 0.3) is 0 Å². The number of methoxy groups -OCH3 is 1. The maximum absolute atomic E-state index is 11.3. The predicted octanol–water partition coefficient (Wildman–Crippen LogP) is 2.67. The highest BCUT2D eigenvalue weighted by atomic mass is 35.5. The van der Waals surface area contributed by atoms with E-state index in [4.69, 9.17) is 28.6 Å². The smallest absolute Gasteiger partial charge is 0.321 e. The minimum Gasteiger partial charge on any atom is -0.480 e. The quantitative estimate of drug-likeness (QED) is 0.570. The lowest BCUT2D eigenvalue weighted by Gasteiger charge is -2.23. The van der Waals surface area contributed by atoms with Crippen LogP contribution in [0.4, 0.5) is 0 Å². The van der Waals surface area contributed by atoms with E-state index in [0.717, 1.165) is 0 Å². The summed E-state index contributed by atoms with van der Waals surface area (Å²) in [5.74, 6) is -1.22. The second-order valence-corrected chi connectivity index (χ2v) is 4.51. The number of thiocarbonyl (C=S) groups is 1. The zero-order chi connectivity index (χ0) is 12.1. The molecule has 0 saturated carbocycles. The first kappa shape index (κ1) is 14.4. The molecule has 0 rings (SSSR count). The minimum absolute atomic E-state index is 0.159. The molecule has 0 aliphatic heterocycles. The van der Waals surface area contributed by atoms with Crippen molar-refractivity contribution in [3.05, 3.63) is 11.6 Å². The van der Waals surface area contributed by atoms with Crippen molar-refractivity contribution in [1.29, 1.82) is 0 Å². The van der Waals surface area contributed by atoms with Crippen molar-refractivity contribution in [2.45, 2.75) is 26.4 Å². The molecule has 15 heavy (non-hydrogen) atoms. The second-order valence-electron chi connectivity index (χ2n) is 3.85. The predicted molar refractivity (Wildman–Crippen MR) is 63.9 cm³/mol. The number of halogens is 1. The molecule has 0 aliphatic rings. The van der Waals surface area contributed by atoms with Crippen LogP contribution >= 0.6 is 23.8 Å². The summed E-state index contributed by atoms with van der Waals surface area (Å²) in [5, 5.41) is 0.159. The van der Waals surface area contributed by atoms with E-state index in [2.05, 4.69) is 4.74 Å². The van der Waals surface area contributed by atoms with E-state index in [1.807, 2.05) is 20.8 Å². The zero-order valence-electron chi connectivity index (χ0n) is 9.24. The Bertz CT molecular complexity index is 268. The van der Waals surface area contributed by atoms with E-state index in [1.165, 1.54) is 18.7 Å². The van der Waals surface area contributed by atoms with Crippen molar-refractivity contribution in [1.82, 2.24) is 0 Å². The Hall–Kier alpha value is -0.610. The van der Waals surface area contributed by atoms with Crippen LogP contribution in [0.2, 0.25) is 0 Å².